The number of nitrogens with zero attached hydrogens (tertiary/aromatic N) is 1. The third-order valence-electron chi connectivity index (χ3n) is 1.51. The zero-order chi connectivity index (χ0) is 8.27. The van der Waals surface area contributed by atoms with Gasteiger partial charge in [0.05, 0.1) is 11.6 Å². The van der Waals surface area contributed by atoms with Crippen LogP contribution in [0.15, 0.2) is 24.3 Å². The molecule has 0 N–H and O–H groups in total. The third kappa shape index (κ3) is 1.81. The zero-order valence-corrected chi connectivity index (χ0v) is 7.80. The third-order valence-corrected chi connectivity index (χ3v) is 2.00. The number of hydrogen-bond acceptors (Lipinski definition) is 1. The summed E-state index contributed by atoms with van der Waals surface area (Å²) in [5.41, 5.74) is 1.80. The summed E-state index contributed by atoms with van der Waals surface area (Å²) in [7, 11) is 0. The minimum Gasteiger partial charge on any atom is -0.192 e. The van der Waals surface area contributed by atoms with Gasteiger partial charge in [-0.2, -0.15) is 5.26 Å². The van der Waals surface area contributed by atoms with Gasteiger partial charge in [0.2, 0.25) is 0 Å². The first-order chi connectivity index (χ1) is 5.25. The summed E-state index contributed by atoms with van der Waals surface area (Å²) < 4.78 is 0. The van der Waals surface area contributed by atoms with Crippen LogP contribution in [-0.2, 0) is 0 Å². The van der Waals surface area contributed by atoms with Crippen LogP contribution in [0.2, 0.25) is 0 Å². The van der Waals surface area contributed by atoms with Gasteiger partial charge in [-0.1, -0.05) is 34.1 Å². The SMILES string of the molecule is CC(Br)c1ccccc1C#N. The van der Waals surface area contributed by atoms with Gasteiger partial charge in [-0.25, -0.2) is 0 Å². The smallest absolute Gasteiger partial charge is 0.0994 e. The summed E-state index contributed by atoms with van der Waals surface area (Å²) in [5, 5.41) is 8.70. The maximum Gasteiger partial charge on any atom is 0.0994 e. The van der Waals surface area contributed by atoms with Crippen LogP contribution >= 0.6 is 15.9 Å². The Kier molecular flexibility index (Phi) is 2.67. The van der Waals surface area contributed by atoms with E-state index in [0.29, 0.717) is 0 Å². The van der Waals surface area contributed by atoms with Crippen molar-refractivity contribution in [2.24, 2.45) is 0 Å². The lowest BCUT2D eigenvalue weighted by atomic mass is 10.1. The molecule has 0 bridgehead atoms. The fourth-order valence-corrected chi connectivity index (χ4v) is 1.34. The van der Waals surface area contributed by atoms with Crippen molar-refractivity contribution in [1.82, 2.24) is 0 Å². The summed E-state index contributed by atoms with van der Waals surface area (Å²) in [6.07, 6.45) is 0. The summed E-state index contributed by atoms with van der Waals surface area (Å²) in [5.74, 6) is 0. The van der Waals surface area contributed by atoms with Crippen molar-refractivity contribution in [3.8, 4) is 6.07 Å². The average molecular weight is 210 g/mol. The van der Waals surface area contributed by atoms with Crippen LogP contribution in [0.25, 0.3) is 0 Å². The lowest BCUT2D eigenvalue weighted by Gasteiger charge is -2.03. The fraction of sp³-hybridized carbons (Fsp3) is 0.222. The van der Waals surface area contributed by atoms with E-state index in [2.05, 4.69) is 22.0 Å². The Labute approximate surface area is 74.8 Å². The van der Waals surface area contributed by atoms with E-state index < -0.39 is 0 Å². The number of benzene rings is 1. The molecular formula is C9H8BrN. The Morgan fingerprint density at radius 3 is 2.55 bits per heavy atom. The molecule has 0 spiro atoms. The van der Waals surface area contributed by atoms with E-state index in [-0.39, 0.29) is 4.83 Å². The minimum atomic E-state index is 0.248. The second kappa shape index (κ2) is 3.54. The predicted molar refractivity (Wildman–Crippen MR) is 48.5 cm³/mol. The Hall–Kier alpha value is -0.810. The summed E-state index contributed by atoms with van der Waals surface area (Å²) >= 11 is 3.42. The van der Waals surface area contributed by atoms with E-state index in [4.69, 9.17) is 5.26 Å². The Bertz CT molecular complexity index is 286. The van der Waals surface area contributed by atoms with Crippen molar-refractivity contribution in [1.29, 1.82) is 5.26 Å². The molecule has 11 heavy (non-hydrogen) atoms. The molecular weight excluding hydrogens is 202 g/mol. The van der Waals surface area contributed by atoms with Gasteiger partial charge in [0.1, 0.15) is 0 Å². The highest BCUT2D eigenvalue weighted by molar-refractivity contribution is 9.09. The standard InChI is InChI=1S/C9H8BrN/c1-7(10)9-5-3-2-4-8(9)6-11/h2-5,7H,1H3. The first-order valence-corrected chi connectivity index (χ1v) is 4.30. The van der Waals surface area contributed by atoms with Crippen molar-refractivity contribution in [3.05, 3.63) is 35.4 Å². The fourth-order valence-electron chi connectivity index (χ4n) is 0.946. The molecule has 0 aromatic heterocycles. The largest absolute Gasteiger partial charge is 0.192 e. The lowest BCUT2D eigenvalue weighted by molar-refractivity contribution is 1.11. The highest BCUT2D eigenvalue weighted by atomic mass is 79.9. The summed E-state index contributed by atoms with van der Waals surface area (Å²) in [6.45, 7) is 2.01. The molecule has 0 saturated heterocycles. The van der Waals surface area contributed by atoms with E-state index in [1.807, 2.05) is 31.2 Å². The van der Waals surface area contributed by atoms with Crippen LogP contribution in [0.4, 0.5) is 0 Å². The van der Waals surface area contributed by atoms with E-state index in [9.17, 15) is 0 Å². The lowest BCUT2D eigenvalue weighted by Crippen LogP contribution is -1.88. The van der Waals surface area contributed by atoms with Gasteiger partial charge in [0, 0.05) is 4.83 Å². The predicted octanol–water partition coefficient (Wildman–Crippen LogP) is 3.01. The number of alkyl halides is 1. The first-order valence-electron chi connectivity index (χ1n) is 3.39. The van der Waals surface area contributed by atoms with Crippen molar-refractivity contribution >= 4 is 15.9 Å². The number of rotatable bonds is 1. The molecule has 0 fully saturated rings. The monoisotopic (exact) mass is 209 g/mol. The Balaban J connectivity index is 3.15. The van der Waals surface area contributed by atoms with E-state index >= 15 is 0 Å². The van der Waals surface area contributed by atoms with Crippen LogP contribution in [0.1, 0.15) is 22.9 Å². The van der Waals surface area contributed by atoms with Gasteiger partial charge in [-0.15, -0.1) is 0 Å². The van der Waals surface area contributed by atoms with E-state index in [1.54, 1.807) is 0 Å². The van der Waals surface area contributed by atoms with Gasteiger partial charge >= 0.3 is 0 Å². The zero-order valence-electron chi connectivity index (χ0n) is 6.21. The van der Waals surface area contributed by atoms with Crippen LogP contribution in [-0.4, -0.2) is 0 Å². The van der Waals surface area contributed by atoms with Crippen LogP contribution in [0.5, 0.6) is 0 Å². The van der Waals surface area contributed by atoms with Gasteiger partial charge in [0.25, 0.3) is 0 Å². The molecule has 1 rings (SSSR count). The molecule has 1 aromatic carbocycles. The summed E-state index contributed by atoms with van der Waals surface area (Å²) in [4.78, 5) is 0.248. The topological polar surface area (TPSA) is 23.8 Å². The van der Waals surface area contributed by atoms with Gasteiger partial charge in [0.15, 0.2) is 0 Å². The number of nitriles is 1. The highest BCUT2D eigenvalue weighted by Gasteiger charge is 2.04. The quantitative estimate of drug-likeness (QED) is 0.653. The molecule has 0 aliphatic rings. The normalized spacial score (nSPS) is 12.1. The summed E-state index contributed by atoms with van der Waals surface area (Å²) in [6, 6.07) is 9.74. The van der Waals surface area contributed by atoms with Gasteiger partial charge in [-0.05, 0) is 18.6 Å². The molecule has 56 valence electrons. The van der Waals surface area contributed by atoms with Crippen molar-refractivity contribution < 1.29 is 0 Å². The van der Waals surface area contributed by atoms with Crippen molar-refractivity contribution in [2.45, 2.75) is 11.8 Å². The van der Waals surface area contributed by atoms with Crippen molar-refractivity contribution in [2.75, 3.05) is 0 Å². The molecule has 1 unspecified atom stereocenters. The van der Waals surface area contributed by atoms with Crippen LogP contribution in [0.3, 0.4) is 0 Å². The second-order valence-electron chi connectivity index (χ2n) is 2.32. The van der Waals surface area contributed by atoms with E-state index in [0.717, 1.165) is 11.1 Å². The molecule has 1 nitrogen and oxygen atoms in total. The molecule has 1 aromatic rings. The average Bonchev–Trinajstić information content (AvgIpc) is 2.04. The highest BCUT2D eigenvalue weighted by Crippen LogP contribution is 2.24. The molecule has 0 saturated carbocycles. The molecule has 2 heteroatoms. The minimum absolute atomic E-state index is 0.248. The molecule has 1 atom stereocenters. The Morgan fingerprint density at radius 1 is 1.45 bits per heavy atom. The molecule has 0 aliphatic heterocycles. The maximum absolute atomic E-state index is 8.70. The molecule has 0 radical (unpaired) electrons. The Morgan fingerprint density at radius 2 is 2.09 bits per heavy atom. The van der Waals surface area contributed by atoms with E-state index in [1.165, 1.54) is 0 Å². The van der Waals surface area contributed by atoms with Gasteiger partial charge < -0.3 is 0 Å². The number of halogens is 1. The van der Waals surface area contributed by atoms with Crippen LogP contribution in [0, 0.1) is 11.3 Å². The molecule has 0 aliphatic carbocycles. The maximum atomic E-state index is 8.70. The second-order valence-corrected chi connectivity index (χ2v) is 3.69. The molecule has 0 amide bonds. The van der Waals surface area contributed by atoms with Gasteiger partial charge in [-0.3, -0.25) is 0 Å². The van der Waals surface area contributed by atoms with Crippen molar-refractivity contribution in [3.63, 3.8) is 0 Å². The number of hydrogen-bond donors (Lipinski definition) is 0. The van der Waals surface area contributed by atoms with Crippen LogP contribution < -0.4 is 0 Å². The first kappa shape index (κ1) is 8.29. The molecule has 0 heterocycles.